The van der Waals surface area contributed by atoms with Crippen LogP contribution in [0.3, 0.4) is 0 Å². The lowest BCUT2D eigenvalue weighted by atomic mass is 10.1. The lowest BCUT2D eigenvalue weighted by Gasteiger charge is -2.14. The first-order valence-electron chi connectivity index (χ1n) is 7.27. The molecular weight excluding hydrogens is 295 g/mol. The molecule has 4 nitrogen and oxygen atoms in total. The second kappa shape index (κ2) is 7.95. The van der Waals surface area contributed by atoms with Gasteiger partial charge in [0.05, 0.1) is 11.6 Å². The summed E-state index contributed by atoms with van der Waals surface area (Å²) in [7, 11) is 0. The van der Waals surface area contributed by atoms with Crippen molar-refractivity contribution in [3.05, 3.63) is 65.5 Å². The fourth-order valence-electron chi connectivity index (χ4n) is 2.02. The molecule has 0 aliphatic heterocycles. The van der Waals surface area contributed by atoms with Crippen LogP contribution in [-0.4, -0.2) is 18.6 Å². The summed E-state index contributed by atoms with van der Waals surface area (Å²) >= 11 is 0. The number of halogens is 1. The Morgan fingerprint density at radius 2 is 2.04 bits per heavy atom. The van der Waals surface area contributed by atoms with E-state index in [1.165, 1.54) is 12.1 Å². The highest BCUT2D eigenvalue weighted by Crippen LogP contribution is 2.14. The van der Waals surface area contributed by atoms with Crippen molar-refractivity contribution in [2.75, 3.05) is 6.54 Å². The van der Waals surface area contributed by atoms with E-state index in [0.29, 0.717) is 24.3 Å². The molecule has 0 radical (unpaired) electrons. The molecule has 0 bridgehead atoms. The Labute approximate surface area is 134 Å². The highest BCUT2D eigenvalue weighted by atomic mass is 19.1. The van der Waals surface area contributed by atoms with Gasteiger partial charge in [-0.05, 0) is 49.2 Å². The van der Waals surface area contributed by atoms with Crippen molar-refractivity contribution in [3.8, 4) is 11.8 Å². The lowest BCUT2D eigenvalue weighted by molar-refractivity contribution is -0.127. The molecule has 0 aromatic heterocycles. The third kappa shape index (κ3) is 5.11. The summed E-state index contributed by atoms with van der Waals surface area (Å²) in [6.45, 7) is 2.09. The van der Waals surface area contributed by atoms with Crippen LogP contribution in [0.2, 0.25) is 0 Å². The molecule has 0 saturated heterocycles. The summed E-state index contributed by atoms with van der Waals surface area (Å²) in [6.07, 6.45) is -0.0555. The summed E-state index contributed by atoms with van der Waals surface area (Å²) in [5.41, 5.74) is 1.42. The number of nitrogens with zero attached hydrogens (tertiary/aromatic N) is 1. The van der Waals surface area contributed by atoms with Crippen molar-refractivity contribution in [1.29, 1.82) is 5.26 Å². The van der Waals surface area contributed by atoms with Crippen molar-refractivity contribution in [2.24, 2.45) is 0 Å². The molecule has 0 aliphatic carbocycles. The van der Waals surface area contributed by atoms with Crippen molar-refractivity contribution < 1.29 is 13.9 Å². The Morgan fingerprint density at radius 3 is 2.74 bits per heavy atom. The minimum Gasteiger partial charge on any atom is -0.481 e. The predicted octanol–water partition coefficient (Wildman–Crippen LogP) is 2.82. The Bertz CT molecular complexity index is 708. The minimum atomic E-state index is -0.669. The van der Waals surface area contributed by atoms with Crippen LogP contribution in [-0.2, 0) is 11.2 Å². The molecule has 118 valence electrons. The number of carbonyl (C=O) groups excluding carboxylic acids is 1. The van der Waals surface area contributed by atoms with Crippen molar-refractivity contribution in [1.82, 2.24) is 5.32 Å². The average molecular weight is 312 g/mol. The third-order valence-corrected chi connectivity index (χ3v) is 3.27. The number of carbonyl (C=O) groups is 1. The van der Waals surface area contributed by atoms with E-state index in [-0.39, 0.29) is 11.7 Å². The van der Waals surface area contributed by atoms with Crippen LogP contribution in [0.1, 0.15) is 18.1 Å². The smallest absolute Gasteiger partial charge is 0.260 e. The molecule has 1 N–H and O–H groups in total. The second-order valence-corrected chi connectivity index (χ2v) is 5.07. The molecule has 2 aromatic rings. The number of ether oxygens (including phenoxy) is 1. The van der Waals surface area contributed by atoms with Crippen LogP contribution in [0.25, 0.3) is 0 Å². The molecule has 0 spiro atoms. The van der Waals surface area contributed by atoms with Gasteiger partial charge >= 0.3 is 0 Å². The molecule has 2 rings (SSSR count). The summed E-state index contributed by atoms with van der Waals surface area (Å²) in [5, 5.41) is 11.6. The molecule has 0 aliphatic rings. The van der Waals surface area contributed by atoms with E-state index in [9.17, 15) is 9.18 Å². The third-order valence-electron chi connectivity index (χ3n) is 3.27. The van der Waals surface area contributed by atoms with Gasteiger partial charge < -0.3 is 10.1 Å². The molecule has 1 atom stereocenters. The molecule has 0 saturated carbocycles. The van der Waals surface area contributed by atoms with E-state index in [0.717, 1.165) is 5.56 Å². The van der Waals surface area contributed by atoms with E-state index in [4.69, 9.17) is 10.00 Å². The summed E-state index contributed by atoms with van der Waals surface area (Å²) in [6, 6.07) is 14.8. The summed E-state index contributed by atoms with van der Waals surface area (Å²) < 4.78 is 18.3. The fourth-order valence-corrected chi connectivity index (χ4v) is 2.02. The van der Waals surface area contributed by atoms with Gasteiger partial charge in [-0.1, -0.05) is 18.2 Å². The molecule has 5 heteroatoms. The zero-order valence-corrected chi connectivity index (χ0v) is 12.8. The zero-order chi connectivity index (χ0) is 16.7. The number of nitriles is 1. The van der Waals surface area contributed by atoms with Crippen LogP contribution in [0.15, 0.2) is 48.5 Å². The molecule has 23 heavy (non-hydrogen) atoms. The predicted molar refractivity (Wildman–Crippen MR) is 84.4 cm³/mol. The van der Waals surface area contributed by atoms with Gasteiger partial charge in [-0.2, -0.15) is 5.26 Å². The SMILES string of the molecule is C[C@H](Oc1cccc(C#N)c1)C(=O)NCCc1ccc(F)cc1. The first kappa shape index (κ1) is 16.5. The van der Waals surface area contributed by atoms with Crippen LogP contribution in [0, 0.1) is 17.1 Å². The van der Waals surface area contributed by atoms with Crippen molar-refractivity contribution in [2.45, 2.75) is 19.4 Å². The number of benzene rings is 2. The van der Waals surface area contributed by atoms with Gasteiger partial charge in [-0.15, -0.1) is 0 Å². The van der Waals surface area contributed by atoms with E-state index in [2.05, 4.69) is 5.32 Å². The van der Waals surface area contributed by atoms with Crippen LogP contribution in [0.4, 0.5) is 4.39 Å². The monoisotopic (exact) mass is 312 g/mol. The normalized spacial score (nSPS) is 11.3. The maximum absolute atomic E-state index is 12.8. The zero-order valence-electron chi connectivity index (χ0n) is 12.8. The summed E-state index contributed by atoms with van der Waals surface area (Å²) in [4.78, 5) is 12.0. The Morgan fingerprint density at radius 1 is 1.30 bits per heavy atom. The van der Waals surface area contributed by atoms with Gasteiger partial charge in [0.2, 0.25) is 0 Å². The van der Waals surface area contributed by atoms with Gasteiger partial charge in [0.15, 0.2) is 6.10 Å². The highest BCUT2D eigenvalue weighted by Gasteiger charge is 2.14. The van der Waals surface area contributed by atoms with E-state index in [1.54, 1.807) is 43.3 Å². The topological polar surface area (TPSA) is 62.1 Å². The number of rotatable bonds is 6. The molecule has 0 fully saturated rings. The maximum Gasteiger partial charge on any atom is 0.260 e. The first-order chi connectivity index (χ1) is 11.1. The average Bonchev–Trinajstić information content (AvgIpc) is 2.56. The standard InChI is InChI=1S/C18H17FN2O2/c1-13(23-17-4-2-3-15(11-17)12-20)18(22)21-10-9-14-5-7-16(19)8-6-14/h2-8,11,13H,9-10H2,1H3,(H,21,22)/t13-/m0/s1. The van der Waals surface area contributed by atoms with Gasteiger partial charge in [0, 0.05) is 6.54 Å². The largest absolute Gasteiger partial charge is 0.481 e. The van der Waals surface area contributed by atoms with Gasteiger partial charge in [0.25, 0.3) is 5.91 Å². The van der Waals surface area contributed by atoms with Crippen molar-refractivity contribution in [3.63, 3.8) is 0 Å². The molecule has 2 aromatic carbocycles. The van der Waals surface area contributed by atoms with E-state index < -0.39 is 6.10 Å². The summed E-state index contributed by atoms with van der Waals surface area (Å²) in [5.74, 6) is -0.0425. The molecule has 0 unspecified atom stereocenters. The van der Waals surface area contributed by atoms with E-state index >= 15 is 0 Å². The number of nitrogens with one attached hydrogen (secondary N) is 1. The second-order valence-electron chi connectivity index (χ2n) is 5.07. The van der Waals surface area contributed by atoms with Gasteiger partial charge in [-0.25, -0.2) is 4.39 Å². The molecule has 0 heterocycles. The Hall–Kier alpha value is -2.87. The fraction of sp³-hybridized carbons (Fsp3) is 0.222. The van der Waals surface area contributed by atoms with Gasteiger partial charge in [-0.3, -0.25) is 4.79 Å². The number of hydrogen-bond donors (Lipinski definition) is 1. The Balaban J connectivity index is 1.80. The van der Waals surface area contributed by atoms with Crippen LogP contribution in [0.5, 0.6) is 5.75 Å². The molecular formula is C18H17FN2O2. The number of hydrogen-bond acceptors (Lipinski definition) is 3. The Kier molecular flexibility index (Phi) is 5.70. The molecule has 1 amide bonds. The lowest BCUT2D eigenvalue weighted by Crippen LogP contribution is -2.37. The first-order valence-corrected chi connectivity index (χ1v) is 7.27. The van der Waals surface area contributed by atoms with E-state index in [1.807, 2.05) is 6.07 Å². The number of amides is 1. The quantitative estimate of drug-likeness (QED) is 0.892. The minimum absolute atomic E-state index is 0.241. The van der Waals surface area contributed by atoms with Crippen molar-refractivity contribution >= 4 is 5.91 Å². The van der Waals surface area contributed by atoms with Gasteiger partial charge in [0.1, 0.15) is 11.6 Å². The van der Waals surface area contributed by atoms with Crippen LogP contribution < -0.4 is 10.1 Å². The van der Waals surface area contributed by atoms with Crippen LogP contribution >= 0.6 is 0 Å². The maximum atomic E-state index is 12.8. The highest BCUT2D eigenvalue weighted by molar-refractivity contribution is 5.80.